The van der Waals surface area contributed by atoms with E-state index in [-0.39, 0.29) is 5.91 Å². The van der Waals surface area contributed by atoms with Crippen LogP contribution in [0.15, 0.2) is 53.8 Å². The van der Waals surface area contributed by atoms with E-state index in [0.29, 0.717) is 22.6 Å². The highest BCUT2D eigenvalue weighted by molar-refractivity contribution is 6.05. The molecule has 0 bridgehead atoms. The topological polar surface area (TPSA) is 75.7 Å². The minimum absolute atomic E-state index is 0.291. The van der Waals surface area contributed by atoms with Crippen molar-refractivity contribution in [1.29, 1.82) is 0 Å². The molecule has 0 aliphatic heterocycles. The number of nitrogens with one attached hydrogen (secondary N) is 2. The molecule has 0 unspecified atom stereocenters. The molecule has 1 aromatic heterocycles. The number of aromatic nitrogens is 1. The highest BCUT2D eigenvalue weighted by Gasteiger charge is 2.10. The molecule has 0 fully saturated rings. The Bertz CT molecular complexity index is 899. The molecule has 122 valence electrons. The van der Waals surface area contributed by atoms with Crippen molar-refractivity contribution in [3.8, 4) is 11.5 Å². The zero-order valence-corrected chi connectivity index (χ0v) is 13.4. The first-order chi connectivity index (χ1) is 11.7. The third-order valence-corrected chi connectivity index (χ3v) is 3.64. The first-order valence-electron chi connectivity index (χ1n) is 7.35. The third-order valence-electron chi connectivity index (χ3n) is 3.64. The fourth-order valence-electron chi connectivity index (χ4n) is 2.51. The maximum absolute atomic E-state index is 12.3. The summed E-state index contributed by atoms with van der Waals surface area (Å²) in [6.45, 7) is 0. The van der Waals surface area contributed by atoms with Gasteiger partial charge in [0.05, 0.1) is 31.5 Å². The van der Waals surface area contributed by atoms with E-state index >= 15 is 0 Å². The number of fused-ring (bicyclic) bond motifs is 1. The molecule has 1 heterocycles. The van der Waals surface area contributed by atoms with Gasteiger partial charge < -0.3 is 14.5 Å². The molecule has 6 nitrogen and oxygen atoms in total. The zero-order chi connectivity index (χ0) is 16.9. The fourth-order valence-corrected chi connectivity index (χ4v) is 2.51. The van der Waals surface area contributed by atoms with Crippen LogP contribution in [0, 0.1) is 0 Å². The largest absolute Gasteiger partial charge is 0.493 e. The van der Waals surface area contributed by atoms with Gasteiger partial charge in [-0.25, -0.2) is 5.43 Å². The summed E-state index contributed by atoms with van der Waals surface area (Å²) in [5.41, 5.74) is 4.55. The highest BCUT2D eigenvalue weighted by atomic mass is 16.5. The maximum atomic E-state index is 12.3. The van der Waals surface area contributed by atoms with Gasteiger partial charge in [0.2, 0.25) is 0 Å². The van der Waals surface area contributed by atoms with Gasteiger partial charge in [-0.05, 0) is 24.3 Å². The SMILES string of the molecule is COc1cccc(C=NNC(=O)c2cccc3cc[nH]c23)c1OC. The average molecular weight is 323 g/mol. The first-order valence-corrected chi connectivity index (χ1v) is 7.35. The van der Waals surface area contributed by atoms with Crippen LogP contribution in [0.1, 0.15) is 15.9 Å². The Labute approximate surface area is 139 Å². The van der Waals surface area contributed by atoms with E-state index in [2.05, 4.69) is 15.5 Å². The molecule has 0 saturated heterocycles. The molecule has 1 amide bonds. The second kappa shape index (κ2) is 6.87. The molecule has 0 atom stereocenters. The number of methoxy groups -OCH3 is 2. The second-order valence-electron chi connectivity index (χ2n) is 5.03. The summed E-state index contributed by atoms with van der Waals surface area (Å²) in [5, 5.41) is 4.99. The van der Waals surface area contributed by atoms with Crippen molar-refractivity contribution in [1.82, 2.24) is 10.4 Å². The summed E-state index contributed by atoms with van der Waals surface area (Å²) < 4.78 is 10.6. The minimum atomic E-state index is -0.291. The van der Waals surface area contributed by atoms with Gasteiger partial charge in [0, 0.05) is 17.1 Å². The number of H-pyrrole nitrogens is 1. The lowest BCUT2D eigenvalue weighted by Gasteiger charge is -2.09. The van der Waals surface area contributed by atoms with E-state index in [1.807, 2.05) is 30.3 Å². The van der Waals surface area contributed by atoms with Gasteiger partial charge in [0.1, 0.15) is 0 Å². The summed E-state index contributed by atoms with van der Waals surface area (Å²) in [6.07, 6.45) is 3.32. The van der Waals surface area contributed by atoms with Crippen molar-refractivity contribution in [2.24, 2.45) is 5.10 Å². The highest BCUT2D eigenvalue weighted by Crippen LogP contribution is 2.29. The number of carbonyl (C=O) groups excluding carboxylic acids is 1. The van der Waals surface area contributed by atoms with E-state index in [1.165, 1.54) is 6.21 Å². The standard InChI is InChI=1S/C18H17N3O3/c1-23-15-8-4-6-13(17(15)24-2)11-20-21-18(22)14-7-3-5-12-9-10-19-16(12)14/h3-11,19H,1-2H3,(H,21,22). The van der Waals surface area contributed by atoms with Crippen LogP contribution in [0.3, 0.4) is 0 Å². The Morgan fingerprint density at radius 3 is 2.75 bits per heavy atom. The van der Waals surface area contributed by atoms with Crippen molar-refractivity contribution in [2.45, 2.75) is 0 Å². The molecular weight excluding hydrogens is 306 g/mol. The number of aromatic amines is 1. The summed E-state index contributed by atoms with van der Waals surface area (Å²) >= 11 is 0. The van der Waals surface area contributed by atoms with Crippen LogP contribution < -0.4 is 14.9 Å². The van der Waals surface area contributed by atoms with Crippen molar-refractivity contribution in [3.63, 3.8) is 0 Å². The molecule has 6 heteroatoms. The Balaban J connectivity index is 1.80. The number of hydrazone groups is 1. The van der Waals surface area contributed by atoms with Gasteiger partial charge in [0.25, 0.3) is 5.91 Å². The molecular formula is C18H17N3O3. The fraction of sp³-hybridized carbons (Fsp3) is 0.111. The predicted molar refractivity (Wildman–Crippen MR) is 92.9 cm³/mol. The predicted octanol–water partition coefficient (Wildman–Crippen LogP) is 2.95. The second-order valence-corrected chi connectivity index (χ2v) is 5.03. The Hall–Kier alpha value is -3.28. The molecule has 2 aromatic carbocycles. The summed E-state index contributed by atoms with van der Waals surface area (Å²) in [5.74, 6) is 0.870. The normalized spacial score (nSPS) is 10.9. The first kappa shape index (κ1) is 15.6. The molecule has 0 aliphatic rings. The monoisotopic (exact) mass is 323 g/mol. The lowest BCUT2D eigenvalue weighted by Crippen LogP contribution is -2.18. The molecule has 24 heavy (non-hydrogen) atoms. The van der Waals surface area contributed by atoms with Crippen molar-refractivity contribution >= 4 is 23.0 Å². The minimum Gasteiger partial charge on any atom is -0.493 e. The number of ether oxygens (including phenoxy) is 2. The smallest absolute Gasteiger partial charge is 0.273 e. The van der Waals surface area contributed by atoms with Crippen LogP contribution in [0.2, 0.25) is 0 Å². The Morgan fingerprint density at radius 1 is 1.12 bits per heavy atom. The van der Waals surface area contributed by atoms with Gasteiger partial charge in [0.15, 0.2) is 11.5 Å². The quantitative estimate of drug-likeness (QED) is 0.560. The number of hydrogen-bond acceptors (Lipinski definition) is 4. The van der Waals surface area contributed by atoms with Gasteiger partial charge in [-0.3, -0.25) is 4.79 Å². The molecule has 3 rings (SSSR count). The van der Waals surface area contributed by atoms with Crippen LogP contribution in [-0.4, -0.2) is 31.3 Å². The molecule has 0 radical (unpaired) electrons. The van der Waals surface area contributed by atoms with E-state index < -0.39 is 0 Å². The molecule has 2 N–H and O–H groups in total. The molecule has 0 aliphatic carbocycles. The van der Waals surface area contributed by atoms with Gasteiger partial charge in [-0.1, -0.05) is 18.2 Å². The van der Waals surface area contributed by atoms with Crippen LogP contribution >= 0.6 is 0 Å². The van der Waals surface area contributed by atoms with Crippen LogP contribution in [0.25, 0.3) is 10.9 Å². The molecule has 0 saturated carbocycles. The van der Waals surface area contributed by atoms with Crippen LogP contribution in [0.4, 0.5) is 0 Å². The molecule has 3 aromatic rings. The lowest BCUT2D eigenvalue weighted by molar-refractivity contribution is 0.0956. The van der Waals surface area contributed by atoms with Crippen LogP contribution in [0.5, 0.6) is 11.5 Å². The Morgan fingerprint density at radius 2 is 1.96 bits per heavy atom. The Kier molecular flexibility index (Phi) is 4.47. The summed E-state index contributed by atoms with van der Waals surface area (Å²) in [7, 11) is 3.12. The summed E-state index contributed by atoms with van der Waals surface area (Å²) in [6, 6.07) is 12.9. The van der Waals surface area contributed by atoms with Crippen molar-refractivity contribution < 1.29 is 14.3 Å². The maximum Gasteiger partial charge on any atom is 0.273 e. The number of para-hydroxylation sites is 2. The number of benzene rings is 2. The summed E-state index contributed by atoms with van der Waals surface area (Å²) in [4.78, 5) is 15.4. The number of rotatable bonds is 5. The van der Waals surface area contributed by atoms with Gasteiger partial charge >= 0.3 is 0 Å². The van der Waals surface area contributed by atoms with E-state index in [0.717, 1.165) is 10.9 Å². The number of hydrogen-bond donors (Lipinski definition) is 2. The average Bonchev–Trinajstić information content (AvgIpc) is 3.09. The number of amides is 1. The van der Waals surface area contributed by atoms with Crippen molar-refractivity contribution in [3.05, 3.63) is 59.8 Å². The number of carbonyl (C=O) groups is 1. The molecule has 0 spiro atoms. The van der Waals surface area contributed by atoms with Gasteiger partial charge in [-0.2, -0.15) is 5.10 Å². The zero-order valence-electron chi connectivity index (χ0n) is 13.4. The van der Waals surface area contributed by atoms with E-state index in [4.69, 9.17) is 9.47 Å². The third kappa shape index (κ3) is 2.94. The van der Waals surface area contributed by atoms with E-state index in [1.54, 1.807) is 32.5 Å². The lowest BCUT2D eigenvalue weighted by atomic mass is 10.1. The van der Waals surface area contributed by atoms with E-state index in [9.17, 15) is 4.79 Å². The van der Waals surface area contributed by atoms with Crippen molar-refractivity contribution in [2.75, 3.05) is 14.2 Å². The van der Waals surface area contributed by atoms with Crippen LogP contribution in [-0.2, 0) is 0 Å². The van der Waals surface area contributed by atoms with Gasteiger partial charge in [-0.15, -0.1) is 0 Å². The number of nitrogens with zero attached hydrogens (tertiary/aromatic N) is 1.